The van der Waals surface area contributed by atoms with Crippen LogP contribution in [0.3, 0.4) is 0 Å². The van der Waals surface area contributed by atoms with Gasteiger partial charge in [-0.15, -0.1) is 0 Å². The van der Waals surface area contributed by atoms with Gasteiger partial charge < -0.3 is 5.11 Å². The van der Waals surface area contributed by atoms with E-state index in [0.29, 0.717) is 0 Å². The molecule has 9 heteroatoms. The Morgan fingerprint density at radius 3 is 2.67 bits per heavy atom. The summed E-state index contributed by atoms with van der Waals surface area (Å²) in [6, 6.07) is -0.716. The summed E-state index contributed by atoms with van der Waals surface area (Å²) in [5, 5.41) is 12.4. The number of halogens is 2. The zero-order valence-electron chi connectivity index (χ0n) is 9.08. The molecule has 0 spiro atoms. The molecule has 0 saturated carbocycles. The van der Waals surface area contributed by atoms with Gasteiger partial charge in [-0.05, 0) is 6.42 Å². The first-order valence-corrected chi connectivity index (χ1v) is 6.93. The molecule has 1 aromatic rings. The summed E-state index contributed by atoms with van der Waals surface area (Å²) in [7, 11) is -3.25. The number of sulfone groups is 1. The highest BCUT2D eigenvalue weighted by atomic mass is 32.2. The Labute approximate surface area is 101 Å². The summed E-state index contributed by atoms with van der Waals surface area (Å²) in [6.07, 6.45) is -2.01. The van der Waals surface area contributed by atoms with Crippen LogP contribution in [0.2, 0.25) is 0 Å². The van der Waals surface area contributed by atoms with Crippen LogP contribution in [0.1, 0.15) is 34.9 Å². The molecule has 0 radical (unpaired) electrons. The summed E-state index contributed by atoms with van der Waals surface area (Å²) in [6.45, 7) is 0. The number of carboxylic acid groups (broad SMARTS) is 1. The van der Waals surface area contributed by atoms with Crippen molar-refractivity contribution in [2.24, 2.45) is 0 Å². The molecular weight excluding hydrogens is 270 g/mol. The number of carboxylic acids is 1. The van der Waals surface area contributed by atoms with Gasteiger partial charge in [0, 0.05) is 0 Å². The van der Waals surface area contributed by atoms with Crippen molar-refractivity contribution in [2.45, 2.75) is 18.9 Å². The highest BCUT2D eigenvalue weighted by Gasteiger charge is 2.34. The average Bonchev–Trinajstić information content (AvgIpc) is 2.80. The fraction of sp³-hybridized carbons (Fsp3) is 0.556. The van der Waals surface area contributed by atoms with E-state index in [2.05, 4.69) is 5.10 Å². The highest BCUT2D eigenvalue weighted by molar-refractivity contribution is 7.91. The normalized spacial score (nSPS) is 22.5. The fourth-order valence-corrected chi connectivity index (χ4v) is 3.71. The lowest BCUT2D eigenvalue weighted by Crippen LogP contribution is -2.16. The van der Waals surface area contributed by atoms with Gasteiger partial charge in [0.25, 0.3) is 6.43 Å². The van der Waals surface area contributed by atoms with Crippen LogP contribution in [0.15, 0.2) is 6.20 Å². The van der Waals surface area contributed by atoms with Crippen LogP contribution >= 0.6 is 0 Å². The molecule has 1 unspecified atom stereocenters. The molecule has 1 fully saturated rings. The third-order valence-electron chi connectivity index (χ3n) is 2.83. The van der Waals surface area contributed by atoms with Gasteiger partial charge >= 0.3 is 5.97 Å². The Hall–Kier alpha value is -1.51. The van der Waals surface area contributed by atoms with Gasteiger partial charge in [-0.3, -0.25) is 4.68 Å². The van der Waals surface area contributed by atoms with Crippen LogP contribution in [-0.4, -0.2) is 40.8 Å². The quantitative estimate of drug-likeness (QED) is 0.887. The van der Waals surface area contributed by atoms with E-state index in [1.807, 2.05) is 0 Å². The molecular formula is C9H10F2N2O4S. The molecule has 1 N–H and O–H groups in total. The van der Waals surface area contributed by atoms with Crippen LogP contribution in [0.4, 0.5) is 8.78 Å². The second-order valence-corrected chi connectivity index (χ2v) is 6.28. The number of aromatic nitrogens is 2. The van der Waals surface area contributed by atoms with Crippen LogP contribution in [0, 0.1) is 0 Å². The van der Waals surface area contributed by atoms with Crippen molar-refractivity contribution < 1.29 is 27.1 Å². The molecule has 0 aliphatic carbocycles. The minimum atomic E-state index is -3.25. The molecule has 2 heterocycles. The molecule has 0 amide bonds. The van der Waals surface area contributed by atoms with Crippen LogP contribution in [0.25, 0.3) is 0 Å². The van der Waals surface area contributed by atoms with Crippen molar-refractivity contribution >= 4 is 15.8 Å². The minimum absolute atomic E-state index is 0.0946. The minimum Gasteiger partial charge on any atom is -0.478 e. The Morgan fingerprint density at radius 2 is 2.22 bits per heavy atom. The van der Waals surface area contributed by atoms with Gasteiger partial charge in [0.2, 0.25) is 0 Å². The first kappa shape index (κ1) is 12.9. The second-order valence-electron chi connectivity index (χ2n) is 4.05. The lowest BCUT2D eigenvalue weighted by Gasteiger charge is -2.13. The largest absolute Gasteiger partial charge is 0.478 e. The van der Waals surface area contributed by atoms with E-state index in [1.54, 1.807) is 0 Å². The third-order valence-corrected chi connectivity index (χ3v) is 4.58. The molecule has 1 aromatic heterocycles. The van der Waals surface area contributed by atoms with E-state index >= 15 is 0 Å². The molecule has 18 heavy (non-hydrogen) atoms. The van der Waals surface area contributed by atoms with E-state index in [0.717, 1.165) is 10.9 Å². The van der Waals surface area contributed by atoms with Crippen molar-refractivity contribution in [2.75, 3.05) is 11.5 Å². The maximum absolute atomic E-state index is 12.9. The number of rotatable bonds is 3. The van der Waals surface area contributed by atoms with E-state index < -0.39 is 39.5 Å². The summed E-state index contributed by atoms with van der Waals surface area (Å²) in [4.78, 5) is 10.8. The summed E-state index contributed by atoms with van der Waals surface area (Å²) < 4.78 is 49.1. The van der Waals surface area contributed by atoms with Crippen molar-refractivity contribution in [1.29, 1.82) is 0 Å². The van der Waals surface area contributed by atoms with Gasteiger partial charge in [-0.1, -0.05) is 0 Å². The van der Waals surface area contributed by atoms with Crippen LogP contribution in [-0.2, 0) is 9.84 Å². The Balaban J connectivity index is 2.43. The summed E-state index contributed by atoms with van der Waals surface area (Å²) >= 11 is 0. The van der Waals surface area contributed by atoms with Crippen LogP contribution in [0.5, 0.6) is 0 Å². The third kappa shape index (κ3) is 2.22. The lowest BCUT2D eigenvalue weighted by molar-refractivity contribution is 0.0681. The Kier molecular flexibility index (Phi) is 3.09. The molecule has 0 aromatic carbocycles. The Morgan fingerprint density at radius 1 is 1.56 bits per heavy atom. The first-order valence-electron chi connectivity index (χ1n) is 5.11. The van der Waals surface area contributed by atoms with E-state index in [9.17, 15) is 22.0 Å². The second kappa shape index (κ2) is 4.30. The molecule has 1 saturated heterocycles. The molecule has 1 aliphatic heterocycles. The van der Waals surface area contributed by atoms with Crippen molar-refractivity contribution in [3.05, 3.63) is 17.5 Å². The number of nitrogens with zero attached hydrogens (tertiary/aromatic N) is 2. The van der Waals surface area contributed by atoms with Gasteiger partial charge in [0.05, 0.1) is 23.7 Å². The summed E-state index contributed by atoms with van der Waals surface area (Å²) in [5.41, 5.74) is -1.32. The zero-order chi connectivity index (χ0) is 13.5. The molecule has 6 nitrogen and oxygen atoms in total. The number of aromatic carboxylic acids is 1. The van der Waals surface area contributed by atoms with Crippen molar-refractivity contribution in [3.8, 4) is 0 Å². The summed E-state index contributed by atoms with van der Waals surface area (Å²) in [5.74, 6) is -1.88. The average molecular weight is 280 g/mol. The van der Waals surface area contributed by atoms with Gasteiger partial charge in [-0.25, -0.2) is 22.0 Å². The number of carbonyl (C=O) groups is 1. The monoisotopic (exact) mass is 280 g/mol. The molecule has 1 aliphatic rings. The van der Waals surface area contributed by atoms with Gasteiger partial charge in [0.1, 0.15) is 11.3 Å². The van der Waals surface area contributed by atoms with Gasteiger partial charge in [-0.2, -0.15) is 5.10 Å². The standard InChI is InChI=1S/C9H10F2N2O4S/c10-8(11)7-6(9(14)15)3-12-13(7)5-1-2-18(16,17)4-5/h3,5,8H,1-2,4H2,(H,14,15). The first-order chi connectivity index (χ1) is 8.32. The number of alkyl halides is 2. The van der Waals surface area contributed by atoms with Gasteiger partial charge in [0.15, 0.2) is 9.84 Å². The van der Waals surface area contributed by atoms with E-state index in [4.69, 9.17) is 5.11 Å². The number of hydrogen-bond donors (Lipinski definition) is 1. The topological polar surface area (TPSA) is 89.3 Å². The number of hydrogen-bond acceptors (Lipinski definition) is 4. The predicted molar refractivity (Wildman–Crippen MR) is 56.5 cm³/mol. The maximum atomic E-state index is 12.9. The van der Waals surface area contributed by atoms with E-state index in [1.165, 1.54) is 0 Å². The molecule has 100 valence electrons. The molecule has 1 atom stereocenters. The van der Waals surface area contributed by atoms with Crippen molar-refractivity contribution in [3.63, 3.8) is 0 Å². The molecule has 2 rings (SSSR count). The molecule has 0 bridgehead atoms. The predicted octanol–water partition coefficient (Wildman–Crippen LogP) is 0.879. The fourth-order valence-electron chi connectivity index (χ4n) is 2.01. The maximum Gasteiger partial charge on any atom is 0.339 e. The van der Waals surface area contributed by atoms with Crippen molar-refractivity contribution in [1.82, 2.24) is 9.78 Å². The Bertz CT molecular complexity index is 581. The highest BCUT2D eigenvalue weighted by Crippen LogP contribution is 2.30. The van der Waals surface area contributed by atoms with Crippen LogP contribution < -0.4 is 0 Å². The van der Waals surface area contributed by atoms with E-state index in [-0.39, 0.29) is 17.9 Å². The smallest absolute Gasteiger partial charge is 0.339 e. The lowest BCUT2D eigenvalue weighted by atomic mass is 10.2. The zero-order valence-corrected chi connectivity index (χ0v) is 9.90. The SMILES string of the molecule is O=C(O)c1cnn(C2CCS(=O)(=O)C2)c1C(F)F.